The van der Waals surface area contributed by atoms with Crippen molar-refractivity contribution in [1.29, 1.82) is 0 Å². The molecule has 0 radical (unpaired) electrons. The van der Waals surface area contributed by atoms with Crippen LogP contribution < -0.4 is 10.6 Å². The zero-order valence-corrected chi connectivity index (χ0v) is 21.1. The Morgan fingerprint density at radius 2 is 1.74 bits per heavy atom. The van der Waals surface area contributed by atoms with Crippen molar-refractivity contribution in [2.45, 2.75) is 44.5 Å². The van der Waals surface area contributed by atoms with Gasteiger partial charge in [-0.1, -0.05) is 29.3 Å². The number of aromatic amines is 1. The fourth-order valence-corrected chi connectivity index (χ4v) is 4.37. The van der Waals surface area contributed by atoms with Gasteiger partial charge in [0.15, 0.2) is 5.82 Å². The Morgan fingerprint density at radius 3 is 2.29 bits per heavy atom. The summed E-state index contributed by atoms with van der Waals surface area (Å²) >= 11 is 12.4. The van der Waals surface area contributed by atoms with E-state index in [1.54, 1.807) is 23.1 Å². The van der Waals surface area contributed by atoms with Crippen LogP contribution in [0.2, 0.25) is 10.0 Å². The lowest BCUT2D eigenvalue weighted by Crippen LogP contribution is -2.43. The molecule has 3 rings (SSSR count). The molecule has 0 saturated heterocycles. The molecule has 0 unspecified atom stereocenters. The van der Waals surface area contributed by atoms with Gasteiger partial charge in [0.05, 0.1) is 38.3 Å². The van der Waals surface area contributed by atoms with E-state index in [1.165, 1.54) is 0 Å². The summed E-state index contributed by atoms with van der Waals surface area (Å²) in [6.45, 7) is 8.01. The summed E-state index contributed by atoms with van der Waals surface area (Å²) in [4.78, 5) is 27.8. The van der Waals surface area contributed by atoms with Crippen LogP contribution in [0.25, 0.3) is 0 Å². The maximum absolute atomic E-state index is 13.1. The minimum Gasteiger partial charge on any atom is -0.309 e. The van der Waals surface area contributed by atoms with Gasteiger partial charge in [0.2, 0.25) is 5.91 Å². The number of anilines is 2. The number of carbonyl (C=O) groups excluding carboxylic acids is 2. The minimum absolute atomic E-state index is 0.0899. The summed E-state index contributed by atoms with van der Waals surface area (Å²) in [5.41, 5.74) is 1.26. The first-order chi connectivity index (χ1) is 14.2. The van der Waals surface area contributed by atoms with Crippen LogP contribution in [0, 0.1) is 0 Å². The second kappa shape index (κ2) is 7.90. The van der Waals surface area contributed by atoms with Crippen molar-refractivity contribution >= 4 is 56.7 Å². The van der Waals surface area contributed by atoms with Crippen LogP contribution in [0.1, 0.15) is 39.0 Å². The molecule has 1 aliphatic heterocycles. The summed E-state index contributed by atoms with van der Waals surface area (Å²) in [6.07, 6.45) is 6.32. The predicted molar refractivity (Wildman–Crippen MR) is 131 cm³/mol. The average molecular weight is 486 g/mol. The molecule has 2 heterocycles. The van der Waals surface area contributed by atoms with Crippen LogP contribution in [-0.4, -0.2) is 50.5 Å². The van der Waals surface area contributed by atoms with Gasteiger partial charge in [-0.25, -0.2) is 14.8 Å². The highest BCUT2D eigenvalue weighted by atomic mass is 35.5. The van der Waals surface area contributed by atoms with Crippen LogP contribution in [0.15, 0.2) is 18.2 Å². The number of para-hydroxylation sites is 1. The smallest absolute Gasteiger partial charge is 0.309 e. The van der Waals surface area contributed by atoms with Crippen molar-refractivity contribution in [2.75, 3.05) is 29.4 Å². The molecular weight excluding hydrogens is 457 g/mol. The third-order valence-electron chi connectivity index (χ3n) is 6.22. The zero-order valence-electron chi connectivity index (χ0n) is 18.8. The van der Waals surface area contributed by atoms with Crippen molar-refractivity contribution < 1.29 is 9.59 Å². The van der Waals surface area contributed by atoms with E-state index < -0.39 is 20.3 Å². The number of nitrogens with one attached hydrogen (secondary N) is 3. The number of hydrogen-bond acceptors (Lipinski definition) is 3. The zero-order chi connectivity index (χ0) is 23.4. The second-order valence-electron chi connectivity index (χ2n) is 9.40. The van der Waals surface area contributed by atoms with E-state index in [4.69, 9.17) is 23.2 Å². The first-order valence-electron chi connectivity index (χ1n) is 9.77. The Kier molecular flexibility index (Phi) is 6.06. The molecular formula is C21H29Cl2N5O2S. The molecule has 7 nitrogen and oxygen atoms in total. The third kappa shape index (κ3) is 4.13. The molecule has 0 saturated carbocycles. The molecule has 3 N–H and O–H groups in total. The summed E-state index contributed by atoms with van der Waals surface area (Å²) in [6, 6.07) is 4.70. The van der Waals surface area contributed by atoms with E-state index in [9.17, 15) is 9.59 Å². The van der Waals surface area contributed by atoms with E-state index in [-0.39, 0.29) is 18.5 Å². The minimum atomic E-state index is -1.16. The number of hydrogen-bond donors (Lipinski definition) is 3. The van der Waals surface area contributed by atoms with Gasteiger partial charge in [-0.2, -0.15) is 5.10 Å². The van der Waals surface area contributed by atoms with Crippen LogP contribution >= 0.6 is 33.2 Å². The fourth-order valence-electron chi connectivity index (χ4n) is 3.27. The average Bonchev–Trinajstić information content (AvgIpc) is 3.15. The quantitative estimate of drug-likeness (QED) is 0.540. The molecule has 1 aromatic heterocycles. The number of fused-ring (bicyclic) bond motifs is 1. The molecule has 1 aliphatic rings. The highest BCUT2D eigenvalue weighted by Gasteiger charge is 2.45. The maximum atomic E-state index is 13.1. The molecule has 3 amide bonds. The van der Waals surface area contributed by atoms with Crippen LogP contribution in [0.5, 0.6) is 0 Å². The molecule has 2 aromatic rings. The number of urea groups is 1. The second-order valence-corrected chi connectivity index (χ2v) is 14.9. The normalized spacial score (nSPS) is 16.1. The molecule has 1 aromatic carbocycles. The summed E-state index contributed by atoms with van der Waals surface area (Å²) < 4.78 is -0.537. The van der Waals surface area contributed by atoms with Gasteiger partial charge in [0.1, 0.15) is 0 Å². The van der Waals surface area contributed by atoms with E-state index >= 15 is 0 Å². The number of nitrogens with zero attached hydrogens (tertiary/aromatic N) is 2. The number of carbonyl (C=O) groups is 2. The number of rotatable bonds is 4. The SMILES string of the molecule is CC1(C)c2[nH]nc(NC(=O)C(C)(C)S(C)(C)C)c2CN1C(=O)Nc1c(Cl)cccc1Cl. The number of aromatic nitrogens is 2. The molecule has 0 aliphatic carbocycles. The van der Waals surface area contributed by atoms with Crippen LogP contribution in [0.4, 0.5) is 16.3 Å². The monoisotopic (exact) mass is 485 g/mol. The highest BCUT2D eigenvalue weighted by molar-refractivity contribution is 8.33. The molecule has 170 valence electrons. The number of amides is 3. The largest absolute Gasteiger partial charge is 0.323 e. The molecule has 31 heavy (non-hydrogen) atoms. The van der Waals surface area contributed by atoms with Gasteiger partial charge in [0, 0.05) is 5.56 Å². The summed E-state index contributed by atoms with van der Waals surface area (Å²) in [5.74, 6) is 0.365. The molecule has 0 fully saturated rings. The Balaban J connectivity index is 1.84. The molecule has 0 spiro atoms. The summed E-state index contributed by atoms with van der Waals surface area (Å²) in [5, 5.41) is 13.8. The van der Waals surface area contributed by atoms with Gasteiger partial charge >= 0.3 is 6.03 Å². The van der Waals surface area contributed by atoms with Crippen molar-refractivity contribution in [3.63, 3.8) is 0 Å². The first-order valence-corrected chi connectivity index (χ1v) is 13.4. The maximum Gasteiger partial charge on any atom is 0.323 e. The van der Waals surface area contributed by atoms with E-state index in [1.807, 2.05) is 27.7 Å². The van der Waals surface area contributed by atoms with Gasteiger partial charge in [-0.05, 0) is 58.6 Å². The van der Waals surface area contributed by atoms with Crippen molar-refractivity contribution in [3.05, 3.63) is 39.5 Å². The fraction of sp³-hybridized carbons (Fsp3) is 0.476. The van der Waals surface area contributed by atoms with Gasteiger partial charge in [-0.15, -0.1) is 0 Å². The summed E-state index contributed by atoms with van der Waals surface area (Å²) in [7, 11) is -1.16. The van der Waals surface area contributed by atoms with Gasteiger partial charge in [0.25, 0.3) is 0 Å². The Bertz CT molecular complexity index is 1020. The molecule has 0 atom stereocenters. The van der Waals surface area contributed by atoms with Gasteiger partial charge < -0.3 is 15.5 Å². The third-order valence-corrected chi connectivity index (χ3v) is 10.1. The van der Waals surface area contributed by atoms with Crippen LogP contribution in [0.3, 0.4) is 0 Å². The molecule has 0 bridgehead atoms. The van der Waals surface area contributed by atoms with Crippen molar-refractivity contribution in [1.82, 2.24) is 15.1 Å². The Hall–Kier alpha value is -1.90. The van der Waals surface area contributed by atoms with E-state index in [0.29, 0.717) is 21.6 Å². The van der Waals surface area contributed by atoms with Gasteiger partial charge in [-0.3, -0.25) is 9.89 Å². The Morgan fingerprint density at radius 1 is 1.16 bits per heavy atom. The lowest BCUT2D eigenvalue weighted by atomic mass is 10.0. The number of benzene rings is 1. The van der Waals surface area contributed by atoms with Crippen molar-refractivity contribution in [2.24, 2.45) is 0 Å². The lowest BCUT2D eigenvalue weighted by molar-refractivity contribution is -0.117. The highest BCUT2D eigenvalue weighted by Crippen LogP contribution is 2.50. The lowest BCUT2D eigenvalue weighted by Gasteiger charge is -2.41. The topological polar surface area (TPSA) is 90.1 Å². The standard InChI is InChI=1S/C21H29Cl2N5O2S/c1-20(2)16-12(17(27-26-16)25-18(29)21(3,4)31(5,6)7)11-28(20)19(30)24-15-13(22)9-8-10-14(15)23/h8-10H,11H2,1-7H3,(H,24,30)(H2,25,26,27,29). The van der Waals surface area contributed by atoms with Crippen molar-refractivity contribution in [3.8, 4) is 0 Å². The number of halogens is 2. The molecule has 10 heteroatoms. The predicted octanol–water partition coefficient (Wildman–Crippen LogP) is 5.41. The Labute approximate surface area is 194 Å². The first kappa shape index (κ1) is 23.8. The van der Waals surface area contributed by atoms with Crippen LogP contribution in [-0.2, 0) is 16.9 Å². The van der Waals surface area contributed by atoms with E-state index in [0.717, 1.165) is 11.3 Å². The number of H-pyrrole nitrogens is 1. The van der Waals surface area contributed by atoms with E-state index in [2.05, 4.69) is 39.6 Å².